The van der Waals surface area contributed by atoms with E-state index in [1.54, 1.807) is 23.5 Å². The number of carbonyl (C=O) groups is 2. The molecule has 0 N–H and O–H groups in total. The van der Waals surface area contributed by atoms with E-state index in [0.717, 1.165) is 11.8 Å². The number of esters is 2. The minimum atomic E-state index is -0.311. The summed E-state index contributed by atoms with van der Waals surface area (Å²) in [7, 11) is 0. The number of rotatable bonds is 6. The van der Waals surface area contributed by atoms with Crippen molar-refractivity contribution in [2.45, 2.75) is 63.1 Å². The van der Waals surface area contributed by atoms with Crippen LogP contribution >= 0.6 is 23.5 Å². The molecule has 0 aromatic heterocycles. The van der Waals surface area contributed by atoms with Gasteiger partial charge in [-0.3, -0.25) is 19.4 Å². The first kappa shape index (κ1) is 20.9. The predicted molar refractivity (Wildman–Crippen MR) is 102 cm³/mol. The Morgan fingerprint density at radius 1 is 0.880 bits per heavy atom. The normalized spacial score (nSPS) is 28.9. The monoisotopic (exact) mass is 390 g/mol. The molecular weight excluding hydrogens is 360 g/mol. The average Bonchev–Trinajstić information content (AvgIpc) is 2.96. The highest BCUT2D eigenvalue weighted by Crippen LogP contribution is 2.43. The van der Waals surface area contributed by atoms with E-state index in [1.165, 1.54) is 0 Å². The fraction of sp³-hybridized carbons (Fsp3) is 0.882. The molecule has 25 heavy (non-hydrogen) atoms. The second-order valence-corrected chi connectivity index (χ2v) is 10.6. The van der Waals surface area contributed by atoms with Crippen molar-refractivity contribution in [3.05, 3.63) is 0 Å². The lowest BCUT2D eigenvalue weighted by molar-refractivity contribution is -0.152. The van der Waals surface area contributed by atoms with Crippen LogP contribution in [0.5, 0.6) is 0 Å². The van der Waals surface area contributed by atoms with Gasteiger partial charge < -0.3 is 9.47 Å². The van der Waals surface area contributed by atoms with Crippen molar-refractivity contribution >= 4 is 35.5 Å². The van der Waals surface area contributed by atoms with Crippen LogP contribution in [0.4, 0.5) is 0 Å². The van der Waals surface area contributed by atoms with Gasteiger partial charge >= 0.3 is 11.9 Å². The molecule has 0 bridgehead atoms. The maximum atomic E-state index is 12.5. The Balaban J connectivity index is 2.16. The summed E-state index contributed by atoms with van der Waals surface area (Å²) in [5.41, 5.74) is 0. The van der Waals surface area contributed by atoms with Crippen LogP contribution in [0, 0.1) is 0 Å². The van der Waals surface area contributed by atoms with Crippen LogP contribution in [0.15, 0.2) is 0 Å². The number of nitrogens with zero attached hydrogens (tertiary/aromatic N) is 2. The molecule has 0 amide bonds. The van der Waals surface area contributed by atoms with Gasteiger partial charge in [-0.1, -0.05) is 0 Å². The number of hydrogen-bond donors (Lipinski definition) is 0. The van der Waals surface area contributed by atoms with E-state index in [1.807, 2.05) is 13.8 Å². The lowest BCUT2D eigenvalue weighted by atomic mass is 10.0. The van der Waals surface area contributed by atoms with Crippen LogP contribution in [0.1, 0.15) is 41.5 Å². The Hall–Kier alpha value is -0.440. The van der Waals surface area contributed by atoms with Gasteiger partial charge in [0.1, 0.15) is 12.1 Å². The third kappa shape index (κ3) is 4.46. The van der Waals surface area contributed by atoms with Crippen LogP contribution in [-0.4, -0.2) is 75.0 Å². The first-order valence-corrected chi connectivity index (χ1v) is 10.7. The molecule has 2 fully saturated rings. The molecule has 0 saturated carbocycles. The summed E-state index contributed by atoms with van der Waals surface area (Å²) in [4.78, 5) is 29.2. The fourth-order valence-corrected chi connectivity index (χ4v) is 5.74. The lowest BCUT2D eigenvalue weighted by Gasteiger charge is -2.35. The zero-order chi connectivity index (χ0) is 18.8. The smallest absolute Gasteiger partial charge is 0.324 e. The third-order valence-corrected chi connectivity index (χ3v) is 7.49. The van der Waals surface area contributed by atoms with Gasteiger partial charge in [-0.15, -0.1) is 23.5 Å². The van der Waals surface area contributed by atoms with Gasteiger partial charge in [0.05, 0.1) is 19.9 Å². The fourth-order valence-electron chi connectivity index (χ4n) is 3.47. The minimum Gasteiger partial charge on any atom is -0.465 e. The second kappa shape index (κ2) is 8.06. The Kier molecular flexibility index (Phi) is 6.73. The summed E-state index contributed by atoms with van der Waals surface area (Å²) in [5.74, 6) is 1.12. The van der Waals surface area contributed by atoms with Crippen molar-refractivity contribution in [2.75, 3.05) is 31.6 Å². The van der Waals surface area contributed by atoms with Gasteiger partial charge in [0.15, 0.2) is 0 Å². The molecule has 6 nitrogen and oxygen atoms in total. The van der Waals surface area contributed by atoms with E-state index >= 15 is 0 Å². The summed E-state index contributed by atoms with van der Waals surface area (Å²) in [5, 5.41) is 0. The molecule has 0 aromatic rings. The van der Waals surface area contributed by atoms with Crippen LogP contribution in [0.25, 0.3) is 0 Å². The van der Waals surface area contributed by atoms with Crippen molar-refractivity contribution in [3.8, 4) is 0 Å². The molecule has 0 radical (unpaired) electrons. The summed E-state index contributed by atoms with van der Waals surface area (Å²) in [6, 6.07) is -0.622. The summed E-state index contributed by atoms with van der Waals surface area (Å²) in [6.07, 6.45) is 0. The molecule has 2 aliphatic heterocycles. The molecule has 8 heteroatoms. The topological polar surface area (TPSA) is 59.1 Å². The predicted octanol–water partition coefficient (Wildman–Crippen LogP) is 2.38. The molecule has 0 spiro atoms. The van der Waals surface area contributed by atoms with E-state index in [0.29, 0.717) is 19.9 Å². The lowest BCUT2D eigenvalue weighted by Crippen LogP contribution is -2.55. The largest absolute Gasteiger partial charge is 0.465 e. The number of ether oxygens (including phenoxy) is 2. The maximum Gasteiger partial charge on any atom is 0.324 e. The Labute approximate surface area is 159 Å². The Morgan fingerprint density at radius 3 is 1.56 bits per heavy atom. The van der Waals surface area contributed by atoms with E-state index in [-0.39, 0.29) is 33.5 Å². The van der Waals surface area contributed by atoms with Crippen molar-refractivity contribution < 1.29 is 19.1 Å². The highest BCUT2D eigenvalue weighted by atomic mass is 32.2. The van der Waals surface area contributed by atoms with E-state index in [2.05, 4.69) is 37.5 Å². The van der Waals surface area contributed by atoms with Crippen LogP contribution in [-0.2, 0) is 19.1 Å². The highest BCUT2D eigenvalue weighted by Gasteiger charge is 2.51. The summed E-state index contributed by atoms with van der Waals surface area (Å²) < 4.78 is 10.2. The van der Waals surface area contributed by atoms with E-state index in [4.69, 9.17) is 9.47 Å². The van der Waals surface area contributed by atoms with Gasteiger partial charge in [0.25, 0.3) is 0 Å². The summed E-state index contributed by atoms with van der Waals surface area (Å²) in [6.45, 7) is 13.3. The molecule has 2 rings (SSSR count). The molecule has 144 valence electrons. The zero-order valence-electron chi connectivity index (χ0n) is 16.0. The Bertz CT molecular complexity index is 469. The van der Waals surface area contributed by atoms with Gasteiger partial charge in [-0.2, -0.15) is 0 Å². The maximum absolute atomic E-state index is 12.5. The number of carbonyl (C=O) groups excluding carboxylic acids is 2. The average molecular weight is 391 g/mol. The van der Waals surface area contributed by atoms with Crippen LogP contribution in [0.2, 0.25) is 0 Å². The van der Waals surface area contributed by atoms with Crippen LogP contribution in [0.3, 0.4) is 0 Å². The van der Waals surface area contributed by atoms with Gasteiger partial charge in [0, 0.05) is 21.2 Å². The highest BCUT2D eigenvalue weighted by molar-refractivity contribution is 8.01. The van der Waals surface area contributed by atoms with E-state index < -0.39 is 0 Å². The molecule has 0 unspecified atom stereocenters. The molecule has 0 aliphatic carbocycles. The van der Waals surface area contributed by atoms with Crippen molar-refractivity contribution in [3.63, 3.8) is 0 Å². The van der Waals surface area contributed by atoms with Crippen molar-refractivity contribution in [1.29, 1.82) is 0 Å². The van der Waals surface area contributed by atoms with Gasteiger partial charge in [-0.05, 0) is 41.5 Å². The quantitative estimate of drug-likeness (QED) is 0.641. The number of thioether (sulfide) groups is 2. The first-order chi connectivity index (χ1) is 11.6. The minimum absolute atomic E-state index is 0.184. The van der Waals surface area contributed by atoms with Gasteiger partial charge in [0.2, 0.25) is 0 Å². The summed E-state index contributed by atoms with van der Waals surface area (Å²) >= 11 is 3.50. The first-order valence-electron chi connectivity index (χ1n) is 8.73. The van der Waals surface area contributed by atoms with Crippen molar-refractivity contribution in [1.82, 2.24) is 9.80 Å². The van der Waals surface area contributed by atoms with Crippen LogP contribution < -0.4 is 0 Å². The second-order valence-electron chi connectivity index (χ2n) is 7.38. The van der Waals surface area contributed by atoms with Crippen molar-refractivity contribution in [2.24, 2.45) is 0 Å². The molecule has 2 atom stereocenters. The number of hydrogen-bond acceptors (Lipinski definition) is 8. The standard InChI is InChI=1S/C17H30N2O4S2/c1-7-22-14(20)12-16(3,4)24-10-18(12)9-19-11-25-17(5,6)13(19)15(21)23-8-2/h12-13H,7-11H2,1-6H3/t12-,13-/m0/s1. The molecule has 0 aromatic carbocycles. The zero-order valence-corrected chi connectivity index (χ0v) is 17.7. The molecule has 2 aliphatic rings. The SMILES string of the molecule is CCOC(=O)[C@@H]1N(CN2CSC(C)(C)[C@@H]2C(=O)OCC)CSC1(C)C. The Morgan fingerprint density at radius 2 is 1.24 bits per heavy atom. The van der Waals surface area contributed by atoms with Gasteiger partial charge in [-0.25, -0.2) is 0 Å². The van der Waals surface area contributed by atoms with E-state index in [9.17, 15) is 9.59 Å². The molecule has 2 saturated heterocycles. The molecular formula is C17H30N2O4S2. The molecule has 2 heterocycles. The third-order valence-electron chi connectivity index (χ3n) is 4.64.